The molecule has 1 heterocycles. The zero-order valence-corrected chi connectivity index (χ0v) is 13.8. The first kappa shape index (κ1) is 16.5. The van der Waals surface area contributed by atoms with Gasteiger partial charge in [-0.3, -0.25) is 0 Å². The summed E-state index contributed by atoms with van der Waals surface area (Å²) in [5.41, 5.74) is 1.31. The van der Waals surface area contributed by atoms with Crippen LogP contribution in [0.15, 0.2) is 11.4 Å². The third-order valence-corrected chi connectivity index (χ3v) is 4.55. The van der Waals surface area contributed by atoms with Crippen molar-refractivity contribution in [2.75, 3.05) is 13.7 Å². The lowest BCUT2D eigenvalue weighted by atomic mass is 9.95. The molecule has 1 unspecified atom stereocenters. The zero-order chi connectivity index (χ0) is 14.3. The van der Waals surface area contributed by atoms with Crippen molar-refractivity contribution in [3.05, 3.63) is 17.0 Å². The van der Waals surface area contributed by atoms with E-state index in [0.29, 0.717) is 5.92 Å². The molecule has 1 rings (SSSR count). The molecular formula is C16H28O2S. The maximum absolute atomic E-state index is 5.76. The minimum Gasteiger partial charge on any atom is -0.484 e. The zero-order valence-electron chi connectivity index (χ0n) is 13.0. The molecular weight excluding hydrogens is 256 g/mol. The van der Waals surface area contributed by atoms with Gasteiger partial charge in [0, 0.05) is 7.11 Å². The lowest BCUT2D eigenvalue weighted by molar-refractivity contribution is 0.0126. The molecule has 0 N–H and O–H groups in total. The van der Waals surface area contributed by atoms with Crippen molar-refractivity contribution in [2.24, 2.45) is 5.92 Å². The van der Waals surface area contributed by atoms with Crippen molar-refractivity contribution in [1.29, 1.82) is 0 Å². The Morgan fingerprint density at radius 1 is 1.32 bits per heavy atom. The van der Waals surface area contributed by atoms with Gasteiger partial charge in [0.15, 0.2) is 5.06 Å². The van der Waals surface area contributed by atoms with Gasteiger partial charge in [0.1, 0.15) is 0 Å². The monoisotopic (exact) mass is 284 g/mol. The summed E-state index contributed by atoms with van der Waals surface area (Å²) in [4.78, 5) is 0. The Labute approximate surface area is 122 Å². The SMILES string of the molecule is COC(C)(C)CCCC(C)CCOc1cc(C)cs1. The van der Waals surface area contributed by atoms with Crippen molar-refractivity contribution in [3.8, 4) is 5.06 Å². The molecule has 0 fully saturated rings. The lowest BCUT2D eigenvalue weighted by Gasteiger charge is -2.23. The molecule has 1 aromatic heterocycles. The van der Waals surface area contributed by atoms with E-state index in [-0.39, 0.29) is 5.60 Å². The Morgan fingerprint density at radius 3 is 2.63 bits per heavy atom. The lowest BCUT2D eigenvalue weighted by Crippen LogP contribution is -2.22. The maximum Gasteiger partial charge on any atom is 0.173 e. The van der Waals surface area contributed by atoms with Crippen LogP contribution in [0.1, 0.15) is 52.0 Å². The van der Waals surface area contributed by atoms with Crippen LogP contribution >= 0.6 is 11.3 Å². The highest BCUT2D eigenvalue weighted by atomic mass is 32.1. The van der Waals surface area contributed by atoms with Crippen LogP contribution in [0, 0.1) is 12.8 Å². The Bertz CT molecular complexity index is 357. The van der Waals surface area contributed by atoms with Crippen molar-refractivity contribution in [1.82, 2.24) is 0 Å². The molecule has 0 aliphatic heterocycles. The summed E-state index contributed by atoms with van der Waals surface area (Å²) in [6, 6.07) is 2.11. The van der Waals surface area contributed by atoms with Gasteiger partial charge in [0.25, 0.3) is 0 Å². The highest BCUT2D eigenvalue weighted by Gasteiger charge is 2.16. The summed E-state index contributed by atoms with van der Waals surface area (Å²) in [6.07, 6.45) is 4.73. The van der Waals surface area contributed by atoms with E-state index in [2.05, 4.69) is 39.1 Å². The smallest absolute Gasteiger partial charge is 0.173 e. The summed E-state index contributed by atoms with van der Waals surface area (Å²) in [6.45, 7) is 9.54. The van der Waals surface area contributed by atoms with Crippen LogP contribution in [0.5, 0.6) is 5.06 Å². The molecule has 0 aliphatic rings. The molecule has 0 saturated heterocycles. The van der Waals surface area contributed by atoms with Gasteiger partial charge in [-0.1, -0.05) is 19.8 Å². The van der Waals surface area contributed by atoms with E-state index in [9.17, 15) is 0 Å². The Hall–Kier alpha value is -0.540. The number of ether oxygens (including phenoxy) is 2. The fourth-order valence-electron chi connectivity index (χ4n) is 1.96. The van der Waals surface area contributed by atoms with E-state index >= 15 is 0 Å². The number of aryl methyl sites for hydroxylation is 1. The van der Waals surface area contributed by atoms with Crippen molar-refractivity contribution in [2.45, 2.75) is 59.0 Å². The number of hydrogen-bond donors (Lipinski definition) is 0. The summed E-state index contributed by atoms with van der Waals surface area (Å²) in [5.74, 6) is 0.716. The van der Waals surface area contributed by atoms with E-state index < -0.39 is 0 Å². The van der Waals surface area contributed by atoms with Crippen molar-refractivity contribution >= 4 is 11.3 Å². The molecule has 0 aliphatic carbocycles. The average molecular weight is 284 g/mol. The van der Waals surface area contributed by atoms with Gasteiger partial charge >= 0.3 is 0 Å². The van der Waals surface area contributed by atoms with Crippen LogP contribution < -0.4 is 4.74 Å². The normalized spacial score (nSPS) is 13.5. The predicted octanol–water partition coefficient (Wildman–Crippen LogP) is 5.06. The van der Waals surface area contributed by atoms with Crippen LogP contribution in [0.3, 0.4) is 0 Å². The topological polar surface area (TPSA) is 18.5 Å². The van der Waals surface area contributed by atoms with Crippen LogP contribution in [0.4, 0.5) is 0 Å². The predicted molar refractivity (Wildman–Crippen MR) is 83.3 cm³/mol. The number of methoxy groups -OCH3 is 1. The van der Waals surface area contributed by atoms with Gasteiger partial charge in [-0.2, -0.15) is 0 Å². The maximum atomic E-state index is 5.76. The van der Waals surface area contributed by atoms with E-state index in [1.807, 2.05) is 0 Å². The summed E-state index contributed by atoms with van der Waals surface area (Å²) < 4.78 is 11.2. The molecule has 0 amide bonds. The second-order valence-corrected chi connectivity index (χ2v) is 6.92. The highest BCUT2D eigenvalue weighted by Crippen LogP contribution is 2.24. The van der Waals surface area contributed by atoms with Gasteiger partial charge < -0.3 is 9.47 Å². The third-order valence-electron chi connectivity index (χ3n) is 3.59. The fraction of sp³-hybridized carbons (Fsp3) is 0.750. The number of hydrogen-bond acceptors (Lipinski definition) is 3. The molecule has 0 saturated carbocycles. The molecule has 1 atom stereocenters. The van der Waals surface area contributed by atoms with Crippen LogP contribution in [-0.2, 0) is 4.74 Å². The minimum absolute atomic E-state index is 0.0186. The molecule has 0 bridgehead atoms. The van der Waals surface area contributed by atoms with Crippen molar-refractivity contribution in [3.63, 3.8) is 0 Å². The largest absolute Gasteiger partial charge is 0.484 e. The Kier molecular flexibility index (Phi) is 6.87. The number of thiophene rings is 1. The average Bonchev–Trinajstić information content (AvgIpc) is 2.75. The Balaban J connectivity index is 2.09. The van der Waals surface area contributed by atoms with Gasteiger partial charge in [0.05, 0.1) is 12.2 Å². The molecule has 110 valence electrons. The second-order valence-electron chi connectivity index (χ2n) is 6.04. The van der Waals surface area contributed by atoms with Crippen LogP contribution in [-0.4, -0.2) is 19.3 Å². The van der Waals surface area contributed by atoms with E-state index in [1.165, 1.54) is 18.4 Å². The highest BCUT2D eigenvalue weighted by molar-refractivity contribution is 7.12. The van der Waals surface area contributed by atoms with E-state index in [1.54, 1.807) is 18.4 Å². The molecule has 0 radical (unpaired) electrons. The molecule has 1 aromatic rings. The molecule has 0 aromatic carbocycles. The summed E-state index contributed by atoms with van der Waals surface area (Å²) in [5, 5.41) is 3.18. The van der Waals surface area contributed by atoms with E-state index in [4.69, 9.17) is 9.47 Å². The molecule has 3 heteroatoms. The molecule has 19 heavy (non-hydrogen) atoms. The standard InChI is InChI=1S/C16H28O2S/c1-13(7-6-9-16(3,4)17-5)8-10-18-15-11-14(2)12-19-15/h11-13H,6-10H2,1-5H3. The second kappa shape index (κ2) is 7.91. The third kappa shape index (κ3) is 6.98. The fourth-order valence-corrected chi connectivity index (χ4v) is 2.74. The van der Waals surface area contributed by atoms with Gasteiger partial charge in [-0.25, -0.2) is 0 Å². The van der Waals surface area contributed by atoms with Gasteiger partial charge in [0.2, 0.25) is 0 Å². The van der Waals surface area contributed by atoms with Crippen molar-refractivity contribution < 1.29 is 9.47 Å². The van der Waals surface area contributed by atoms with Gasteiger partial charge in [-0.15, -0.1) is 11.3 Å². The van der Waals surface area contributed by atoms with Crippen LogP contribution in [0.2, 0.25) is 0 Å². The van der Waals surface area contributed by atoms with E-state index in [0.717, 1.165) is 24.5 Å². The first-order valence-corrected chi connectivity index (χ1v) is 8.04. The quantitative estimate of drug-likeness (QED) is 0.631. The molecule has 2 nitrogen and oxygen atoms in total. The first-order chi connectivity index (χ1) is 8.93. The summed E-state index contributed by atoms with van der Waals surface area (Å²) in [7, 11) is 1.79. The minimum atomic E-state index is 0.0186. The Morgan fingerprint density at radius 2 is 2.05 bits per heavy atom. The first-order valence-electron chi connectivity index (χ1n) is 7.16. The van der Waals surface area contributed by atoms with Gasteiger partial charge in [-0.05, 0) is 56.5 Å². The molecule has 0 spiro atoms. The van der Waals surface area contributed by atoms with Crippen LogP contribution in [0.25, 0.3) is 0 Å². The summed E-state index contributed by atoms with van der Waals surface area (Å²) >= 11 is 1.69. The number of rotatable bonds is 9.